The summed E-state index contributed by atoms with van der Waals surface area (Å²) in [6.45, 7) is 26.7. The quantitative estimate of drug-likeness (QED) is 0.160. The van der Waals surface area contributed by atoms with Gasteiger partial charge < -0.3 is 8.83 Å². The maximum atomic E-state index is 6.18. The Balaban J connectivity index is 1.08. The molecule has 8 aromatic rings. The number of hydrogen-bond acceptors (Lipinski definition) is 6. The van der Waals surface area contributed by atoms with Gasteiger partial charge in [0.1, 0.15) is 0 Å². The molecule has 0 spiro atoms. The number of aryl methyl sites for hydroxylation is 4. The van der Waals surface area contributed by atoms with Gasteiger partial charge in [-0.25, -0.2) is 0 Å². The zero-order valence-corrected chi connectivity index (χ0v) is 37.0. The monoisotopic (exact) mass is 790 g/mol. The summed E-state index contributed by atoms with van der Waals surface area (Å²) in [5.41, 5.74) is 21.1. The minimum atomic E-state index is 0.0774. The maximum absolute atomic E-state index is 6.18. The zero-order chi connectivity index (χ0) is 42.7. The first-order valence-corrected chi connectivity index (χ1v) is 20.8. The summed E-state index contributed by atoms with van der Waals surface area (Å²) in [5, 5.41) is 17.6. The molecule has 0 saturated heterocycles. The van der Waals surface area contributed by atoms with Gasteiger partial charge in [0.15, 0.2) is 0 Å². The summed E-state index contributed by atoms with van der Waals surface area (Å²) in [7, 11) is 0. The second kappa shape index (κ2) is 15.3. The zero-order valence-electron chi connectivity index (χ0n) is 37.0. The van der Waals surface area contributed by atoms with Crippen LogP contribution in [0.4, 0.5) is 0 Å². The molecule has 6 heteroatoms. The van der Waals surface area contributed by atoms with Gasteiger partial charge in [0.2, 0.25) is 23.6 Å². The van der Waals surface area contributed by atoms with Gasteiger partial charge in [-0.2, -0.15) is 0 Å². The number of aromatic nitrogens is 4. The van der Waals surface area contributed by atoms with Crippen molar-refractivity contribution in [3.63, 3.8) is 0 Å². The Hall–Kier alpha value is -6.40. The average Bonchev–Trinajstić information content (AvgIpc) is 3.91. The first-order valence-electron chi connectivity index (χ1n) is 20.8. The van der Waals surface area contributed by atoms with Crippen LogP contribution in [-0.4, -0.2) is 20.4 Å². The Morgan fingerprint density at radius 2 is 0.550 bits per heavy atom. The van der Waals surface area contributed by atoms with E-state index in [4.69, 9.17) is 8.83 Å². The first-order chi connectivity index (χ1) is 28.5. The summed E-state index contributed by atoms with van der Waals surface area (Å²) in [6, 6.07) is 38.4. The van der Waals surface area contributed by atoms with Crippen molar-refractivity contribution in [2.24, 2.45) is 0 Å². The van der Waals surface area contributed by atoms with Crippen LogP contribution in [0.25, 0.3) is 79.2 Å². The van der Waals surface area contributed by atoms with Gasteiger partial charge in [0.05, 0.1) is 0 Å². The molecule has 6 nitrogen and oxygen atoms in total. The molecule has 0 bridgehead atoms. The van der Waals surface area contributed by atoms with E-state index >= 15 is 0 Å². The van der Waals surface area contributed by atoms with Gasteiger partial charge in [-0.3, -0.25) is 0 Å². The number of hydrogen-bond donors (Lipinski definition) is 0. The van der Waals surface area contributed by atoms with Gasteiger partial charge in [-0.15, -0.1) is 20.4 Å². The Kier molecular flexibility index (Phi) is 10.3. The van der Waals surface area contributed by atoms with Crippen molar-refractivity contribution < 1.29 is 8.83 Å². The predicted molar refractivity (Wildman–Crippen MR) is 246 cm³/mol. The van der Waals surface area contributed by atoms with Gasteiger partial charge >= 0.3 is 0 Å². The van der Waals surface area contributed by atoms with E-state index in [0.29, 0.717) is 23.6 Å². The molecule has 0 aliphatic rings. The lowest BCUT2D eigenvalue weighted by Crippen LogP contribution is -2.10. The second-order valence-electron chi connectivity index (χ2n) is 18.4. The maximum Gasteiger partial charge on any atom is 0.248 e. The predicted octanol–water partition coefficient (Wildman–Crippen LogP) is 14.6. The molecule has 0 radical (unpaired) electrons. The van der Waals surface area contributed by atoms with E-state index in [1.165, 1.54) is 66.8 Å². The van der Waals surface area contributed by atoms with Crippen molar-refractivity contribution in [1.82, 2.24) is 20.4 Å². The molecule has 60 heavy (non-hydrogen) atoms. The fourth-order valence-corrected chi connectivity index (χ4v) is 8.73. The number of benzene rings is 6. The number of rotatable bonds is 7. The molecule has 0 N–H and O–H groups in total. The number of nitrogens with zero attached hydrogens (tertiary/aromatic N) is 4. The van der Waals surface area contributed by atoms with Crippen LogP contribution < -0.4 is 0 Å². The smallest absolute Gasteiger partial charge is 0.248 e. The third kappa shape index (κ3) is 7.63. The molecule has 2 heterocycles. The third-order valence-electron chi connectivity index (χ3n) is 11.9. The molecular formula is C54H54N4O2. The highest BCUT2D eigenvalue weighted by molar-refractivity contribution is 5.89. The SMILES string of the molecule is Cc1cc(C)c(-c2c(C)cc(C)c(-c3ccc(-c4nnc(-c5ccc(C(C)(C)C)cc5)o4)cc3)c2C)c(C)c1-c1ccc(-c2nnc(-c3ccc(C(C)(C)C)cc3)o2)cc1. The summed E-state index contributed by atoms with van der Waals surface area (Å²) in [5.74, 6) is 2.04. The normalized spacial score (nSPS) is 12.0. The second-order valence-corrected chi connectivity index (χ2v) is 18.4. The largest absolute Gasteiger partial charge is 0.416 e. The van der Waals surface area contributed by atoms with Crippen molar-refractivity contribution in [2.75, 3.05) is 0 Å². The van der Waals surface area contributed by atoms with E-state index in [2.05, 4.69) is 213 Å². The van der Waals surface area contributed by atoms with Crippen LogP contribution in [0.5, 0.6) is 0 Å². The fraction of sp³-hybridized carbons (Fsp3) is 0.259. The average molecular weight is 791 g/mol. The molecule has 0 aliphatic carbocycles. The summed E-state index contributed by atoms with van der Waals surface area (Å²) in [4.78, 5) is 0. The topological polar surface area (TPSA) is 77.8 Å². The van der Waals surface area contributed by atoms with E-state index in [1.807, 2.05) is 0 Å². The lowest BCUT2D eigenvalue weighted by molar-refractivity contribution is 0.582. The van der Waals surface area contributed by atoms with E-state index in [1.54, 1.807) is 0 Å². The molecule has 302 valence electrons. The molecule has 8 rings (SSSR count). The van der Waals surface area contributed by atoms with E-state index < -0.39 is 0 Å². The summed E-state index contributed by atoms with van der Waals surface area (Å²) in [6.07, 6.45) is 0. The fourth-order valence-electron chi connectivity index (χ4n) is 8.73. The summed E-state index contributed by atoms with van der Waals surface area (Å²) >= 11 is 0. The molecule has 0 aliphatic heterocycles. The van der Waals surface area contributed by atoms with Gasteiger partial charge in [0, 0.05) is 22.3 Å². The lowest BCUT2D eigenvalue weighted by Gasteiger charge is -2.24. The molecule has 6 aromatic carbocycles. The third-order valence-corrected chi connectivity index (χ3v) is 11.9. The minimum absolute atomic E-state index is 0.0774. The van der Waals surface area contributed by atoms with E-state index in [0.717, 1.165) is 33.4 Å². The standard InChI is InChI=1S/C54H54N4O2/c1-31-29-33(3)47(35(5)45(31)37-13-17-39(18-14-37)49-55-57-51(59-49)41-21-25-43(26-22-41)53(7,8)9)48-34(4)30-32(2)46(36(48)6)38-15-19-40(20-16-38)50-56-58-52(60-50)42-23-27-44(28-24-42)54(10,11)12/h13-30H,1-12H3. The highest BCUT2D eigenvalue weighted by atomic mass is 16.4. The van der Waals surface area contributed by atoms with Crippen LogP contribution in [0.2, 0.25) is 0 Å². The van der Waals surface area contributed by atoms with Crippen molar-refractivity contribution in [2.45, 2.75) is 93.9 Å². The van der Waals surface area contributed by atoms with Crippen molar-refractivity contribution in [3.8, 4) is 79.2 Å². The molecule has 0 saturated carbocycles. The minimum Gasteiger partial charge on any atom is -0.416 e. The Morgan fingerprint density at radius 1 is 0.317 bits per heavy atom. The Bertz CT molecular complexity index is 2650. The lowest BCUT2D eigenvalue weighted by atomic mass is 9.80. The van der Waals surface area contributed by atoms with E-state index in [9.17, 15) is 0 Å². The van der Waals surface area contributed by atoms with Crippen LogP contribution in [0.15, 0.2) is 118 Å². The molecule has 0 atom stereocenters. The highest BCUT2D eigenvalue weighted by Crippen LogP contribution is 2.44. The van der Waals surface area contributed by atoms with Crippen LogP contribution >= 0.6 is 0 Å². The highest BCUT2D eigenvalue weighted by Gasteiger charge is 2.22. The van der Waals surface area contributed by atoms with Crippen LogP contribution in [0, 0.1) is 41.5 Å². The van der Waals surface area contributed by atoms with Crippen molar-refractivity contribution in [3.05, 3.63) is 154 Å². The van der Waals surface area contributed by atoms with Gasteiger partial charge in [0.25, 0.3) is 0 Å². The molecule has 0 unspecified atom stereocenters. The Morgan fingerprint density at radius 3 is 0.817 bits per heavy atom. The molecular weight excluding hydrogens is 737 g/mol. The van der Waals surface area contributed by atoms with E-state index in [-0.39, 0.29) is 10.8 Å². The van der Waals surface area contributed by atoms with Crippen LogP contribution in [0.3, 0.4) is 0 Å². The van der Waals surface area contributed by atoms with Gasteiger partial charge in [-0.1, -0.05) is 102 Å². The van der Waals surface area contributed by atoms with Gasteiger partial charge in [-0.05, 0) is 179 Å². The van der Waals surface area contributed by atoms with Crippen molar-refractivity contribution >= 4 is 0 Å². The summed E-state index contributed by atoms with van der Waals surface area (Å²) < 4.78 is 12.4. The van der Waals surface area contributed by atoms with Crippen LogP contribution in [-0.2, 0) is 10.8 Å². The molecule has 0 fully saturated rings. The molecule has 2 aromatic heterocycles. The van der Waals surface area contributed by atoms with Crippen molar-refractivity contribution in [1.29, 1.82) is 0 Å². The molecule has 0 amide bonds. The van der Waals surface area contributed by atoms with Crippen LogP contribution in [0.1, 0.15) is 86.1 Å². The first kappa shape index (κ1) is 40.4. The Labute approximate surface area is 354 Å².